The summed E-state index contributed by atoms with van der Waals surface area (Å²) in [5.74, 6) is 1.45. The Kier molecular flexibility index (Phi) is 5.34. The normalized spacial score (nSPS) is 19.5. The van der Waals surface area contributed by atoms with E-state index in [4.69, 9.17) is 4.42 Å². The standard InChI is InChI=1S/C22H22N4O4S2/c1-14-24-18(13-31-14)19-9-8-16(30-19)11-23-22(27)15-5-4-10-26(12-15)21-17-6-2-3-7-20(17)32(28,29)25-21/h2-3,6-9,13,15H,4-5,10-12H2,1H3,(H,23,27)/t15-/m0/s1. The number of amides is 1. The van der Waals surface area contributed by atoms with Crippen LogP contribution in [0.5, 0.6) is 0 Å². The highest BCUT2D eigenvalue weighted by Crippen LogP contribution is 2.30. The van der Waals surface area contributed by atoms with Gasteiger partial charge in [0.05, 0.1) is 17.5 Å². The van der Waals surface area contributed by atoms with Gasteiger partial charge in [0.25, 0.3) is 10.0 Å². The van der Waals surface area contributed by atoms with Crippen LogP contribution in [-0.4, -0.2) is 43.1 Å². The molecule has 0 radical (unpaired) electrons. The number of sulfonamides is 1. The molecule has 166 valence electrons. The Bertz CT molecular complexity index is 1310. The van der Waals surface area contributed by atoms with Crippen molar-refractivity contribution in [2.24, 2.45) is 10.3 Å². The molecule has 1 saturated heterocycles. The molecule has 2 aliphatic heterocycles. The van der Waals surface area contributed by atoms with E-state index in [2.05, 4.69) is 14.7 Å². The summed E-state index contributed by atoms with van der Waals surface area (Å²) in [4.78, 5) is 19.4. The predicted molar refractivity (Wildman–Crippen MR) is 121 cm³/mol. The number of carbonyl (C=O) groups is 1. The molecule has 1 N–H and O–H groups in total. The Morgan fingerprint density at radius 2 is 2.12 bits per heavy atom. The average Bonchev–Trinajstić information content (AvgIpc) is 3.50. The van der Waals surface area contributed by atoms with Crippen LogP contribution in [-0.2, 0) is 21.4 Å². The number of benzene rings is 1. The molecule has 0 saturated carbocycles. The molecule has 1 amide bonds. The van der Waals surface area contributed by atoms with Crippen molar-refractivity contribution in [3.05, 3.63) is 58.1 Å². The molecule has 8 nitrogen and oxygen atoms in total. The van der Waals surface area contributed by atoms with E-state index in [0.717, 1.165) is 23.5 Å². The topological polar surface area (TPSA) is 105 Å². The van der Waals surface area contributed by atoms with Gasteiger partial charge in [-0.25, -0.2) is 4.98 Å². The lowest BCUT2D eigenvalue weighted by atomic mass is 9.96. The number of piperidine rings is 1. The van der Waals surface area contributed by atoms with Crippen LogP contribution in [0.2, 0.25) is 0 Å². The summed E-state index contributed by atoms with van der Waals surface area (Å²) < 4.78 is 34.6. The summed E-state index contributed by atoms with van der Waals surface area (Å²) in [5.41, 5.74) is 1.40. The molecule has 1 atom stereocenters. The smallest absolute Gasteiger partial charge is 0.285 e. The predicted octanol–water partition coefficient (Wildman–Crippen LogP) is 3.19. The number of thiazole rings is 1. The molecule has 1 aromatic carbocycles. The minimum atomic E-state index is -3.68. The fourth-order valence-electron chi connectivity index (χ4n) is 4.11. The lowest BCUT2D eigenvalue weighted by Crippen LogP contribution is -2.45. The van der Waals surface area contributed by atoms with Crippen LogP contribution < -0.4 is 5.32 Å². The number of amidine groups is 1. The Morgan fingerprint density at radius 3 is 2.94 bits per heavy atom. The highest BCUT2D eigenvalue weighted by atomic mass is 32.2. The quantitative estimate of drug-likeness (QED) is 0.628. The van der Waals surface area contributed by atoms with Crippen molar-refractivity contribution < 1.29 is 17.6 Å². The largest absolute Gasteiger partial charge is 0.458 e. The Hall–Kier alpha value is -2.98. The molecular weight excluding hydrogens is 448 g/mol. The monoisotopic (exact) mass is 470 g/mol. The Morgan fingerprint density at radius 1 is 1.28 bits per heavy atom. The third kappa shape index (κ3) is 3.95. The van der Waals surface area contributed by atoms with Crippen molar-refractivity contribution >= 4 is 33.1 Å². The minimum absolute atomic E-state index is 0.0770. The Balaban J connectivity index is 1.24. The molecule has 1 fully saturated rings. The molecule has 2 aliphatic rings. The summed E-state index contributed by atoms with van der Waals surface area (Å²) in [6.07, 6.45) is 1.53. The van der Waals surface area contributed by atoms with Gasteiger partial charge in [0, 0.05) is 24.0 Å². The summed E-state index contributed by atoms with van der Waals surface area (Å²) in [7, 11) is -3.68. The molecule has 0 bridgehead atoms. The van der Waals surface area contributed by atoms with E-state index in [1.807, 2.05) is 29.3 Å². The number of hydrogen-bond donors (Lipinski definition) is 1. The average molecular weight is 471 g/mol. The fraction of sp³-hybridized carbons (Fsp3) is 0.318. The molecule has 32 heavy (non-hydrogen) atoms. The number of hydrogen-bond acceptors (Lipinski definition) is 7. The van der Waals surface area contributed by atoms with Crippen LogP contribution in [0.3, 0.4) is 0 Å². The van der Waals surface area contributed by atoms with Gasteiger partial charge in [-0.05, 0) is 44.0 Å². The number of furan rings is 1. The number of nitrogens with one attached hydrogen (secondary N) is 1. The summed E-state index contributed by atoms with van der Waals surface area (Å²) in [6, 6.07) is 10.5. The van der Waals surface area contributed by atoms with Gasteiger partial charge in [-0.2, -0.15) is 8.42 Å². The minimum Gasteiger partial charge on any atom is -0.458 e. The van der Waals surface area contributed by atoms with Gasteiger partial charge in [-0.15, -0.1) is 15.7 Å². The first kappa shape index (κ1) is 20.9. The van der Waals surface area contributed by atoms with Crippen LogP contribution in [0.25, 0.3) is 11.5 Å². The lowest BCUT2D eigenvalue weighted by Gasteiger charge is -2.33. The van der Waals surface area contributed by atoms with E-state index < -0.39 is 10.0 Å². The van der Waals surface area contributed by atoms with Crippen molar-refractivity contribution in [1.29, 1.82) is 0 Å². The molecule has 10 heteroatoms. The van der Waals surface area contributed by atoms with Gasteiger partial charge in [-0.1, -0.05) is 12.1 Å². The number of aromatic nitrogens is 1. The number of carbonyl (C=O) groups excluding carboxylic acids is 1. The van der Waals surface area contributed by atoms with E-state index in [9.17, 15) is 13.2 Å². The van der Waals surface area contributed by atoms with E-state index in [1.54, 1.807) is 35.6 Å². The van der Waals surface area contributed by atoms with Crippen molar-refractivity contribution in [3.63, 3.8) is 0 Å². The molecule has 0 unspecified atom stereocenters. The number of likely N-dealkylation sites (tertiary alicyclic amines) is 1. The van der Waals surface area contributed by atoms with Gasteiger partial charge in [0.15, 0.2) is 11.6 Å². The number of fused-ring (bicyclic) bond motifs is 1. The number of aryl methyl sites for hydroxylation is 1. The first-order chi connectivity index (χ1) is 15.4. The van der Waals surface area contributed by atoms with Crippen molar-refractivity contribution in [2.75, 3.05) is 13.1 Å². The van der Waals surface area contributed by atoms with E-state index >= 15 is 0 Å². The maximum Gasteiger partial charge on any atom is 0.285 e. The summed E-state index contributed by atoms with van der Waals surface area (Å²) >= 11 is 1.56. The van der Waals surface area contributed by atoms with Crippen LogP contribution in [0.15, 0.2) is 55.5 Å². The molecule has 0 aliphatic carbocycles. The van der Waals surface area contributed by atoms with Crippen molar-refractivity contribution in [1.82, 2.24) is 15.2 Å². The highest BCUT2D eigenvalue weighted by Gasteiger charge is 2.35. The molecular formula is C22H22N4O4S2. The second-order valence-electron chi connectivity index (χ2n) is 7.91. The second kappa shape index (κ2) is 8.18. The molecule has 3 aromatic rings. The molecule has 2 aromatic heterocycles. The molecule has 5 rings (SSSR count). The second-order valence-corrected chi connectivity index (χ2v) is 10.5. The lowest BCUT2D eigenvalue weighted by molar-refractivity contribution is -0.126. The fourth-order valence-corrected chi connectivity index (χ4v) is 5.94. The van der Waals surface area contributed by atoms with Crippen LogP contribution >= 0.6 is 11.3 Å². The zero-order valence-corrected chi connectivity index (χ0v) is 19.1. The number of nitrogens with zero attached hydrogens (tertiary/aromatic N) is 3. The van der Waals surface area contributed by atoms with Crippen molar-refractivity contribution in [2.45, 2.75) is 31.2 Å². The van der Waals surface area contributed by atoms with Gasteiger partial charge in [-0.3, -0.25) is 4.79 Å². The Labute approximate surface area is 190 Å². The van der Waals surface area contributed by atoms with Crippen LogP contribution in [0.4, 0.5) is 0 Å². The number of rotatable bonds is 4. The first-order valence-electron chi connectivity index (χ1n) is 10.4. The van der Waals surface area contributed by atoms with Gasteiger partial charge >= 0.3 is 0 Å². The first-order valence-corrected chi connectivity index (χ1v) is 12.7. The summed E-state index contributed by atoms with van der Waals surface area (Å²) in [6.45, 7) is 3.32. The van der Waals surface area contributed by atoms with Crippen molar-refractivity contribution in [3.8, 4) is 11.5 Å². The zero-order valence-electron chi connectivity index (χ0n) is 17.4. The third-order valence-electron chi connectivity index (χ3n) is 5.67. The zero-order chi connectivity index (χ0) is 22.3. The molecule has 0 spiro atoms. The highest BCUT2D eigenvalue weighted by molar-refractivity contribution is 7.90. The maximum atomic E-state index is 12.8. The van der Waals surface area contributed by atoms with Gasteiger partial charge in [0.2, 0.25) is 5.91 Å². The summed E-state index contributed by atoms with van der Waals surface area (Å²) in [5, 5.41) is 5.86. The van der Waals surface area contributed by atoms with Gasteiger partial charge < -0.3 is 14.6 Å². The molecule has 4 heterocycles. The SMILES string of the molecule is Cc1nc(-c2ccc(CNC(=O)[C@H]3CCCN(C4=NS(=O)(=O)c5ccccc54)C3)o2)cs1. The van der Waals surface area contributed by atoms with Gasteiger partial charge in [0.1, 0.15) is 16.3 Å². The van der Waals surface area contributed by atoms with Crippen LogP contribution in [0, 0.1) is 12.8 Å². The third-order valence-corrected chi connectivity index (χ3v) is 7.77. The maximum absolute atomic E-state index is 12.8. The van der Waals surface area contributed by atoms with E-state index in [-0.39, 0.29) is 23.3 Å². The van der Waals surface area contributed by atoms with E-state index in [1.165, 1.54) is 0 Å². The van der Waals surface area contributed by atoms with Crippen LogP contribution in [0.1, 0.15) is 29.2 Å². The van der Waals surface area contributed by atoms with E-state index in [0.29, 0.717) is 36.0 Å².